The number of esters is 1. The van der Waals surface area contributed by atoms with Gasteiger partial charge in [-0.15, -0.1) is 11.3 Å². The maximum atomic E-state index is 11.9. The predicted octanol–water partition coefficient (Wildman–Crippen LogP) is 4.06. The Kier molecular flexibility index (Phi) is 3.24. The quantitative estimate of drug-likeness (QED) is 0.666. The molecule has 0 aliphatic rings. The minimum absolute atomic E-state index is 0.293. The molecule has 20 heavy (non-hydrogen) atoms. The molecule has 0 atom stereocenters. The molecule has 0 fully saturated rings. The molecule has 0 spiro atoms. The number of ether oxygens (including phenoxy) is 1. The van der Waals surface area contributed by atoms with Gasteiger partial charge in [0, 0.05) is 23.3 Å². The van der Waals surface area contributed by atoms with Gasteiger partial charge in [-0.2, -0.15) is 0 Å². The molecular weight excluding hydrogens is 270 g/mol. The number of carbonyl (C=O) groups excluding carboxylic acids is 1. The van der Waals surface area contributed by atoms with Crippen molar-refractivity contribution < 1.29 is 9.53 Å². The summed E-state index contributed by atoms with van der Waals surface area (Å²) in [6.45, 7) is 2.01. The highest BCUT2D eigenvalue weighted by atomic mass is 32.1. The van der Waals surface area contributed by atoms with Crippen LogP contribution in [-0.4, -0.2) is 18.1 Å². The van der Waals surface area contributed by atoms with Gasteiger partial charge in [0.05, 0.1) is 7.11 Å². The fourth-order valence-electron chi connectivity index (χ4n) is 2.35. The SMILES string of the molecule is COC(=O)c1scc(C)c1-c1cccc2ccncc12. The molecule has 0 aliphatic carbocycles. The molecular formula is C16H13NO2S. The standard InChI is InChI=1S/C16H13NO2S/c1-10-9-20-15(16(18)19-2)14(10)12-5-3-4-11-6-7-17-8-13(11)12/h3-9H,1-2H3. The van der Waals surface area contributed by atoms with E-state index in [1.807, 2.05) is 42.8 Å². The summed E-state index contributed by atoms with van der Waals surface area (Å²) in [7, 11) is 1.41. The predicted molar refractivity (Wildman–Crippen MR) is 81.1 cm³/mol. The Hall–Kier alpha value is -2.20. The molecule has 0 saturated carbocycles. The first-order valence-electron chi connectivity index (χ1n) is 6.22. The van der Waals surface area contributed by atoms with Crippen LogP contribution in [0.2, 0.25) is 0 Å². The van der Waals surface area contributed by atoms with Gasteiger partial charge in [-0.1, -0.05) is 18.2 Å². The third kappa shape index (κ3) is 1.98. The van der Waals surface area contributed by atoms with Gasteiger partial charge >= 0.3 is 5.97 Å². The molecule has 1 aromatic carbocycles. The molecule has 0 radical (unpaired) electrons. The van der Waals surface area contributed by atoms with Crippen LogP contribution in [0.15, 0.2) is 42.0 Å². The van der Waals surface area contributed by atoms with E-state index in [0.717, 1.165) is 27.5 Å². The summed E-state index contributed by atoms with van der Waals surface area (Å²) in [6.07, 6.45) is 3.61. The second-order valence-corrected chi connectivity index (χ2v) is 5.40. The largest absolute Gasteiger partial charge is 0.465 e. The van der Waals surface area contributed by atoms with Crippen LogP contribution in [0.5, 0.6) is 0 Å². The summed E-state index contributed by atoms with van der Waals surface area (Å²) in [6, 6.07) is 8.03. The second kappa shape index (κ2) is 5.06. The Balaban J connectivity index is 2.31. The fraction of sp³-hybridized carbons (Fsp3) is 0.125. The van der Waals surface area contributed by atoms with Crippen molar-refractivity contribution in [2.75, 3.05) is 7.11 Å². The Morgan fingerprint density at radius 1 is 1.30 bits per heavy atom. The number of aryl methyl sites for hydroxylation is 1. The summed E-state index contributed by atoms with van der Waals surface area (Å²) in [5.41, 5.74) is 3.04. The molecule has 0 N–H and O–H groups in total. The summed E-state index contributed by atoms with van der Waals surface area (Å²) in [5, 5.41) is 4.14. The van der Waals surface area contributed by atoms with E-state index in [1.54, 1.807) is 6.20 Å². The molecule has 0 bridgehead atoms. The number of nitrogens with zero attached hydrogens (tertiary/aromatic N) is 1. The number of thiophene rings is 1. The highest BCUT2D eigenvalue weighted by Gasteiger charge is 2.19. The van der Waals surface area contributed by atoms with Gasteiger partial charge in [0.25, 0.3) is 0 Å². The van der Waals surface area contributed by atoms with Crippen LogP contribution in [0.25, 0.3) is 21.9 Å². The Morgan fingerprint density at radius 2 is 2.15 bits per heavy atom. The van der Waals surface area contributed by atoms with Gasteiger partial charge in [0.15, 0.2) is 0 Å². The summed E-state index contributed by atoms with van der Waals surface area (Å²) >= 11 is 1.42. The van der Waals surface area contributed by atoms with Crippen LogP contribution in [0.3, 0.4) is 0 Å². The average Bonchev–Trinajstić information content (AvgIpc) is 2.87. The monoisotopic (exact) mass is 283 g/mol. The van der Waals surface area contributed by atoms with E-state index in [1.165, 1.54) is 18.4 Å². The van der Waals surface area contributed by atoms with E-state index >= 15 is 0 Å². The summed E-state index contributed by atoms with van der Waals surface area (Å²) < 4.78 is 4.88. The van der Waals surface area contributed by atoms with Crippen molar-refractivity contribution in [3.63, 3.8) is 0 Å². The summed E-state index contributed by atoms with van der Waals surface area (Å²) in [4.78, 5) is 16.8. The fourth-order valence-corrected chi connectivity index (χ4v) is 3.33. The summed E-state index contributed by atoms with van der Waals surface area (Å²) in [5.74, 6) is -0.293. The van der Waals surface area contributed by atoms with Gasteiger partial charge in [-0.05, 0) is 34.9 Å². The maximum absolute atomic E-state index is 11.9. The smallest absolute Gasteiger partial charge is 0.348 e. The number of hydrogen-bond donors (Lipinski definition) is 0. The first kappa shape index (κ1) is 12.8. The zero-order valence-corrected chi connectivity index (χ0v) is 12.0. The average molecular weight is 283 g/mol. The third-order valence-electron chi connectivity index (χ3n) is 3.30. The number of pyridine rings is 1. The first-order chi connectivity index (χ1) is 9.72. The second-order valence-electron chi connectivity index (χ2n) is 4.52. The van der Waals surface area contributed by atoms with Gasteiger partial charge in [0.2, 0.25) is 0 Å². The Labute approximate surface area is 120 Å². The van der Waals surface area contributed by atoms with Crippen molar-refractivity contribution >= 4 is 28.1 Å². The van der Waals surface area contributed by atoms with Crippen molar-refractivity contribution in [1.82, 2.24) is 4.98 Å². The van der Waals surface area contributed by atoms with Crippen molar-refractivity contribution in [2.24, 2.45) is 0 Å². The zero-order chi connectivity index (χ0) is 14.1. The van der Waals surface area contributed by atoms with Gasteiger partial charge in [0.1, 0.15) is 4.88 Å². The topological polar surface area (TPSA) is 39.2 Å². The molecule has 2 aromatic heterocycles. The lowest BCUT2D eigenvalue weighted by Gasteiger charge is -2.08. The highest BCUT2D eigenvalue weighted by Crippen LogP contribution is 2.36. The van der Waals surface area contributed by atoms with Crippen molar-refractivity contribution in [3.05, 3.63) is 52.5 Å². The number of carbonyl (C=O) groups is 1. The third-order valence-corrected chi connectivity index (χ3v) is 4.38. The zero-order valence-electron chi connectivity index (χ0n) is 11.2. The van der Waals surface area contributed by atoms with E-state index in [0.29, 0.717) is 4.88 Å². The molecule has 3 rings (SSSR count). The number of rotatable bonds is 2. The molecule has 3 aromatic rings. The molecule has 0 unspecified atom stereocenters. The normalized spacial score (nSPS) is 10.7. The number of benzene rings is 1. The Morgan fingerprint density at radius 3 is 2.95 bits per heavy atom. The first-order valence-corrected chi connectivity index (χ1v) is 7.10. The molecule has 2 heterocycles. The van der Waals surface area contributed by atoms with Crippen molar-refractivity contribution in [3.8, 4) is 11.1 Å². The van der Waals surface area contributed by atoms with Crippen molar-refractivity contribution in [1.29, 1.82) is 0 Å². The maximum Gasteiger partial charge on any atom is 0.348 e. The molecule has 0 amide bonds. The minimum Gasteiger partial charge on any atom is -0.465 e. The highest BCUT2D eigenvalue weighted by molar-refractivity contribution is 7.12. The number of methoxy groups -OCH3 is 1. The van der Waals surface area contributed by atoms with E-state index < -0.39 is 0 Å². The number of fused-ring (bicyclic) bond motifs is 1. The van der Waals surface area contributed by atoms with Crippen LogP contribution < -0.4 is 0 Å². The van der Waals surface area contributed by atoms with E-state index in [-0.39, 0.29) is 5.97 Å². The van der Waals surface area contributed by atoms with E-state index in [4.69, 9.17) is 4.74 Å². The molecule has 0 aliphatic heterocycles. The van der Waals surface area contributed by atoms with Crippen molar-refractivity contribution in [2.45, 2.75) is 6.92 Å². The van der Waals surface area contributed by atoms with Crippen LogP contribution in [-0.2, 0) is 4.74 Å². The lowest BCUT2D eigenvalue weighted by molar-refractivity contribution is 0.0607. The van der Waals surface area contributed by atoms with E-state index in [9.17, 15) is 4.79 Å². The van der Waals surface area contributed by atoms with Gasteiger partial charge in [-0.25, -0.2) is 4.79 Å². The molecule has 0 saturated heterocycles. The van der Waals surface area contributed by atoms with Gasteiger partial charge in [-0.3, -0.25) is 4.98 Å². The minimum atomic E-state index is -0.293. The number of aromatic nitrogens is 1. The lowest BCUT2D eigenvalue weighted by Crippen LogP contribution is -2.00. The van der Waals surface area contributed by atoms with Crippen LogP contribution >= 0.6 is 11.3 Å². The van der Waals surface area contributed by atoms with E-state index in [2.05, 4.69) is 4.98 Å². The Bertz CT molecular complexity index is 787. The molecule has 4 heteroatoms. The molecule has 3 nitrogen and oxygen atoms in total. The van der Waals surface area contributed by atoms with Crippen LogP contribution in [0, 0.1) is 6.92 Å². The number of hydrogen-bond acceptors (Lipinski definition) is 4. The van der Waals surface area contributed by atoms with Crippen LogP contribution in [0.4, 0.5) is 0 Å². The van der Waals surface area contributed by atoms with Crippen LogP contribution in [0.1, 0.15) is 15.2 Å². The van der Waals surface area contributed by atoms with Gasteiger partial charge < -0.3 is 4.74 Å². The molecule has 100 valence electrons. The lowest BCUT2D eigenvalue weighted by atomic mass is 9.97.